The zero-order chi connectivity index (χ0) is 11.8. The molecule has 0 aliphatic carbocycles. The first-order chi connectivity index (χ1) is 6.75. The summed E-state index contributed by atoms with van der Waals surface area (Å²) in [5.41, 5.74) is 3.59. The van der Waals surface area contributed by atoms with Gasteiger partial charge in [0.2, 0.25) is 5.03 Å². The summed E-state index contributed by atoms with van der Waals surface area (Å²) >= 11 is 0. The summed E-state index contributed by atoms with van der Waals surface area (Å²) in [7, 11) is -4.28. The summed E-state index contributed by atoms with van der Waals surface area (Å²) in [6.45, 7) is 0. The first-order valence-corrected chi connectivity index (χ1v) is 5.08. The molecule has 0 aromatic carbocycles. The molecule has 0 bridgehead atoms. The third-order valence-electron chi connectivity index (χ3n) is 1.59. The molecule has 0 unspecified atom stereocenters. The van der Waals surface area contributed by atoms with E-state index in [1.807, 2.05) is 0 Å². The van der Waals surface area contributed by atoms with Gasteiger partial charge in [-0.05, 0) is 0 Å². The smallest absolute Gasteiger partial charge is 0.267 e. The fourth-order valence-corrected chi connectivity index (χ4v) is 1.47. The lowest BCUT2D eigenvalue weighted by molar-refractivity contribution is 0.151. The Morgan fingerprint density at radius 2 is 2.00 bits per heavy atom. The molecule has 0 amide bonds. The Kier molecular flexibility index (Phi) is 2.77. The fourth-order valence-electron chi connectivity index (χ4n) is 0.893. The Balaban J connectivity index is 3.48. The molecule has 0 radical (unpaired) electrons. The SMILES string of the molecule is Nc1c(C(F)F)cnc(S(N)(=O)=O)c1O. The number of anilines is 1. The van der Waals surface area contributed by atoms with Crippen molar-refractivity contribution in [1.82, 2.24) is 4.98 Å². The van der Waals surface area contributed by atoms with Gasteiger partial charge in [0.05, 0.1) is 11.3 Å². The van der Waals surface area contributed by atoms with E-state index >= 15 is 0 Å². The fraction of sp³-hybridized carbons (Fsp3) is 0.167. The van der Waals surface area contributed by atoms with Crippen molar-refractivity contribution < 1.29 is 22.3 Å². The molecule has 9 heteroatoms. The summed E-state index contributed by atoms with van der Waals surface area (Å²) < 4.78 is 46.0. The Bertz CT molecular complexity index is 489. The molecule has 0 fully saturated rings. The molecule has 1 aromatic rings. The number of aromatic nitrogens is 1. The van der Waals surface area contributed by atoms with Crippen LogP contribution in [0.1, 0.15) is 12.0 Å². The molecule has 1 aromatic heterocycles. The second kappa shape index (κ2) is 3.59. The zero-order valence-electron chi connectivity index (χ0n) is 7.18. The number of halogens is 2. The van der Waals surface area contributed by atoms with Crippen molar-refractivity contribution in [3.8, 4) is 5.75 Å². The first-order valence-electron chi connectivity index (χ1n) is 3.53. The summed E-state index contributed by atoms with van der Waals surface area (Å²) in [6.07, 6.45) is -2.41. The summed E-state index contributed by atoms with van der Waals surface area (Å²) in [6, 6.07) is 0. The number of aromatic hydroxyl groups is 1. The number of pyridine rings is 1. The zero-order valence-corrected chi connectivity index (χ0v) is 8.00. The van der Waals surface area contributed by atoms with Gasteiger partial charge in [-0.25, -0.2) is 27.3 Å². The van der Waals surface area contributed by atoms with Gasteiger partial charge in [-0.1, -0.05) is 0 Å². The van der Waals surface area contributed by atoms with E-state index in [9.17, 15) is 22.3 Å². The number of nitrogens with zero attached hydrogens (tertiary/aromatic N) is 1. The third kappa shape index (κ3) is 2.13. The van der Waals surface area contributed by atoms with Crippen molar-refractivity contribution in [2.24, 2.45) is 5.14 Å². The van der Waals surface area contributed by atoms with Crippen molar-refractivity contribution in [1.29, 1.82) is 0 Å². The van der Waals surface area contributed by atoms with Crippen LogP contribution in [-0.4, -0.2) is 18.5 Å². The molecule has 0 atom stereocenters. The van der Waals surface area contributed by atoms with Crippen LogP contribution in [-0.2, 0) is 10.0 Å². The van der Waals surface area contributed by atoms with Crippen LogP contribution in [0.25, 0.3) is 0 Å². The normalized spacial score (nSPS) is 12.0. The van der Waals surface area contributed by atoms with Crippen LogP contribution >= 0.6 is 0 Å². The highest BCUT2D eigenvalue weighted by Gasteiger charge is 2.23. The number of nitrogens with two attached hydrogens (primary N) is 2. The van der Waals surface area contributed by atoms with E-state index in [2.05, 4.69) is 10.1 Å². The number of nitrogen functional groups attached to an aromatic ring is 1. The van der Waals surface area contributed by atoms with Crippen LogP contribution < -0.4 is 10.9 Å². The van der Waals surface area contributed by atoms with Crippen LogP contribution in [0, 0.1) is 0 Å². The second-order valence-corrected chi connectivity index (χ2v) is 4.10. The Morgan fingerprint density at radius 1 is 1.47 bits per heavy atom. The summed E-state index contributed by atoms with van der Waals surface area (Å²) in [4.78, 5) is 3.11. The number of primary sulfonamides is 1. The van der Waals surface area contributed by atoms with Gasteiger partial charge >= 0.3 is 0 Å². The van der Waals surface area contributed by atoms with Crippen LogP contribution in [0.4, 0.5) is 14.5 Å². The minimum atomic E-state index is -4.28. The summed E-state index contributed by atoms with van der Waals surface area (Å²) in [5, 5.41) is 12.9. The van der Waals surface area contributed by atoms with Crippen molar-refractivity contribution in [3.05, 3.63) is 11.8 Å². The number of rotatable bonds is 2. The lowest BCUT2D eigenvalue weighted by Gasteiger charge is -2.08. The van der Waals surface area contributed by atoms with E-state index in [1.165, 1.54) is 0 Å². The average molecular weight is 239 g/mol. The first kappa shape index (κ1) is 11.6. The van der Waals surface area contributed by atoms with Gasteiger partial charge in [-0.15, -0.1) is 0 Å². The van der Waals surface area contributed by atoms with Gasteiger partial charge in [-0.3, -0.25) is 0 Å². The minimum Gasteiger partial charge on any atom is -0.503 e. The molecule has 0 aliphatic heterocycles. The highest BCUT2D eigenvalue weighted by Crippen LogP contribution is 2.34. The minimum absolute atomic E-state index is 0.555. The molecular weight excluding hydrogens is 232 g/mol. The van der Waals surface area contributed by atoms with Crippen LogP contribution in [0.2, 0.25) is 0 Å². The number of hydrogen-bond acceptors (Lipinski definition) is 5. The van der Waals surface area contributed by atoms with Gasteiger partial charge in [0.15, 0.2) is 5.75 Å². The topological polar surface area (TPSA) is 119 Å². The molecule has 15 heavy (non-hydrogen) atoms. The quantitative estimate of drug-likeness (QED) is 0.668. The molecule has 0 aliphatic rings. The largest absolute Gasteiger partial charge is 0.503 e. The monoisotopic (exact) mass is 239 g/mol. The number of sulfonamides is 1. The van der Waals surface area contributed by atoms with Crippen molar-refractivity contribution in [2.75, 3.05) is 5.73 Å². The van der Waals surface area contributed by atoms with E-state index in [0.717, 1.165) is 0 Å². The van der Waals surface area contributed by atoms with E-state index in [-0.39, 0.29) is 0 Å². The lowest BCUT2D eigenvalue weighted by atomic mass is 10.2. The van der Waals surface area contributed by atoms with Gasteiger partial charge in [0, 0.05) is 6.20 Å². The highest BCUT2D eigenvalue weighted by molar-refractivity contribution is 7.89. The van der Waals surface area contributed by atoms with Crippen molar-refractivity contribution in [2.45, 2.75) is 11.5 Å². The predicted octanol–water partition coefficient (Wildman–Crippen LogP) is -0.0456. The molecule has 0 spiro atoms. The molecule has 0 saturated heterocycles. The average Bonchev–Trinajstić information content (AvgIpc) is 2.06. The van der Waals surface area contributed by atoms with Crippen molar-refractivity contribution >= 4 is 15.7 Å². The maximum Gasteiger partial charge on any atom is 0.267 e. The Hall–Kier alpha value is -1.48. The lowest BCUT2D eigenvalue weighted by Crippen LogP contribution is -2.15. The molecule has 5 N–H and O–H groups in total. The van der Waals surface area contributed by atoms with E-state index in [1.54, 1.807) is 0 Å². The maximum atomic E-state index is 12.2. The maximum absolute atomic E-state index is 12.2. The van der Waals surface area contributed by atoms with Gasteiger partial charge in [0.1, 0.15) is 0 Å². The Labute approximate surface area is 83.6 Å². The van der Waals surface area contributed by atoms with Gasteiger partial charge in [-0.2, -0.15) is 0 Å². The highest BCUT2D eigenvalue weighted by atomic mass is 32.2. The predicted molar refractivity (Wildman–Crippen MR) is 46.6 cm³/mol. The summed E-state index contributed by atoms with van der Waals surface area (Å²) in [5.74, 6) is -1.06. The van der Waals surface area contributed by atoms with Gasteiger partial charge in [0.25, 0.3) is 16.4 Å². The standard InChI is InChI=1S/C6H7F2N3O3S/c7-5(8)2-1-11-6(15(10,13)14)4(12)3(2)9/h1,5,12H,(H2,9,11)(H2,10,13,14). The third-order valence-corrected chi connectivity index (χ3v) is 2.43. The molecular formula is C6H7F2N3O3S. The van der Waals surface area contributed by atoms with Crippen LogP contribution in [0.15, 0.2) is 11.2 Å². The number of hydrogen-bond donors (Lipinski definition) is 3. The molecule has 1 rings (SSSR count). The molecule has 1 heterocycles. The van der Waals surface area contributed by atoms with Crippen LogP contribution in [0.5, 0.6) is 5.75 Å². The molecule has 6 nitrogen and oxygen atoms in total. The van der Waals surface area contributed by atoms with E-state index in [4.69, 9.17) is 5.73 Å². The second-order valence-electron chi connectivity index (χ2n) is 2.63. The van der Waals surface area contributed by atoms with E-state index < -0.39 is 38.5 Å². The Morgan fingerprint density at radius 3 is 2.40 bits per heavy atom. The van der Waals surface area contributed by atoms with E-state index in [0.29, 0.717) is 6.20 Å². The molecule has 0 saturated carbocycles. The van der Waals surface area contributed by atoms with Crippen LogP contribution in [0.3, 0.4) is 0 Å². The molecule has 84 valence electrons. The van der Waals surface area contributed by atoms with Gasteiger partial charge < -0.3 is 10.8 Å². The number of alkyl halides is 2. The van der Waals surface area contributed by atoms with Crippen molar-refractivity contribution in [3.63, 3.8) is 0 Å².